The summed E-state index contributed by atoms with van der Waals surface area (Å²) in [5, 5.41) is 0. The Morgan fingerprint density at radius 3 is 1.98 bits per heavy atom. The summed E-state index contributed by atoms with van der Waals surface area (Å²) in [6, 6.07) is 12.7. The van der Waals surface area contributed by atoms with Crippen molar-refractivity contribution in [3.05, 3.63) is 71.3 Å². The lowest BCUT2D eigenvalue weighted by Gasteiger charge is -2.24. The number of hydrogen-bond acceptors (Lipinski definition) is 11. The molecule has 1 aliphatic rings. The number of ketones is 1. The average Bonchev–Trinajstić information content (AvgIpc) is 3.25. The maximum absolute atomic E-state index is 12.8. The van der Waals surface area contributed by atoms with Gasteiger partial charge in [0.15, 0.2) is 6.04 Å². The van der Waals surface area contributed by atoms with Crippen LogP contribution < -0.4 is 5.73 Å². The Kier molecular flexibility index (Phi) is 11.2. The molecule has 218 valence electrons. The first-order valence-electron chi connectivity index (χ1n) is 12.9. The van der Waals surface area contributed by atoms with Crippen LogP contribution in [0.4, 0.5) is 0 Å². The van der Waals surface area contributed by atoms with Gasteiger partial charge in [-0.15, -0.1) is 0 Å². The lowest BCUT2D eigenvalue weighted by molar-refractivity contribution is -0.152. The molecule has 0 saturated heterocycles. The van der Waals surface area contributed by atoms with E-state index in [0.717, 1.165) is 24.7 Å². The highest BCUT2D eigenvalue weighted by molar-refractivity contribution is 6.22. The number of Topliss-reactive ketones (excluding diaryl/α,β-unsaturated/α-hetero) is 1. The fraction of sp³-hybridized carbons (Fsp3) is 0.379. The summed E-state index contributed by atoms with van der Waals surface area (Å²) in [5.41, 5.74) is 6.95. The molecule has 1 aliphatic heterocycles. The molecular formula is C29H32N2O10. The third kappa shape index (κ3) is 8.05. The summed E-state index contributed by atoms with van der Waals surface area (Å²) >= 11 is 0. The molecule has 0 fully saturated rings. The van der Waals surface area contributed by atoms with Crippen molar-refractivity contribution in [2.45, 2.75) is 38.0 Å². The van der Waals surface area contributed by atoms with Crippen LogP contribution >= 0.6 is 0 Å². The van der Waals surface area contributed by atoms with Crippen molar-refractivity contribution in [3.63, 3.8) is 0 Å². The number of imide groups is 1. The van der Waals surface area contributed by atoms with E-state index in [2.05, 4.69) is 0 Å². The number of carbonyl (C=O) groups excluding carboxylic acids is 6. The van der Waals surface area contributed by atoms with Crippen LogP contribution in [0.1, 0.15) is 45.5 Å². The molecule has 2 aromatic carbocycles. The third-order valence-corrected chi connectivity index (χ3v) is 6.47. The van der Waals surface area contributed by atoms with Gasteiger partial charge in [-0.25, -0.2) is 4.79 Å². The highest BCUT2D eigenvalue weighted by Crippen LogP contribution is 2.25. The maximum atomic E-state index is 12.8. The molecule has 0 aromatic heterocycles. The topological polar surface area (TPSA) is 169 Å². The minimum Gasteiger partial charge on any atom is -0.469 e. The monoisotopic (exact) mass is 568 g/mol. The first kappa shape index (κ1) is 31.1. The molecule has 12 nitrogen and oxygen atoms in total. The van der Waals surface area contributed by atoms with Crippen molar-refractivity contribution in [2.24, 2.45) is 11.7 Å². The van der Waals surface area contributed by atoms with Gasteiger partial charge in [0.05, 0.1) is 44.5 Å². The largest absolute Gasteiger partial charge is 0.469 e. The van der Waals surface area contributed by atoms with Gasteiger partial charge in [0.1, 0.15) is 18.4 Å². The fourth-order valence-corrected chi connectivity index (χ4v) is 4.22. The SMILES string of the molecule is COC(=O)[C@H](COC[C@H](C(=O)OC)N1C(=O)c2ccccc2C1=O)CC(=O)CC[C@@H](N)C(=O)OCc1ccccc1. The zero-order chi connectivity index (χ0) is 29.9. The zero-order valence-electron chi connectivity index (χ0n) is 22.8. The molecule has 41 heavy (non-hydrogen) atoms. The van der Waals surface area contributed by atoms with Crippen molar-refractivity contribution in [1.29, 1.82) is 0 Å². The molecule has 0 unspecified atom stereocenters. The fourth-order valence-electron chi connectivity index (χ4n) is 4.22. The van der Waals surface area contributed by atoms with Gasteiger partial charge in [0, 0.05) is 12.8 Å². The molecule has 3 atom stereocenters. The predicted octanol–water partition coefficient (Wildman–Crippen LogP) is 1.44. The lowest BCUT2D eigenvalue weighted by Crippen LogP contribution is -2.48. The second-order valence-electron chi connectivity index (χ2n) is 9.30. The van der Waals surface area contributed by atoms with Crippen LogP contribution in [0, 0.1) is 5.92 Å². The molecule has 0 spiro atoms. The van der Waals surface area contributed by atoms with Gasteiger partial charge in [-0.1, -0.05) is 42.5 Å². The molecule has 2 amide bonds. The molecule has 0 aliphatic carbocycles. The van der Waals surface area contributed by atoms with Crippen LogP contribution in [0.15, 0.2) is 54.6 Å². The predicted molar refractivity (Wildman–Crippen MR) is 142 cm³/mol. The van der Waals surface area contributed by atoms with E-state index in [4.69, 9.17) is 24.7 Å². The molecule has 0 bridgehead atoms. The highest BCUT2D eigenvalue weighted by Gasteiger charge is 2.43. The number of methoxy groups -OCH3 is 2. The zero-order valence-corrected chi connectivity index (χ0v) is 22.8. The van der Waals surface area contributed by atoms with Crippen molar-refractivity contribution in [1.82, 2.24) is 4.90 Å². The molecule has 2 aromatic rings. The van der Waals surface area contributed by atoms with Crippen LogP contribution in [0.5, 0.6) is 0 Å². The first-order valence-corrected chi connectivity index (χ1v) is 12.9. The van der Waals surface area contributed by atoms with Gasteiger partial charge in [-0.3, -0.25) is 28.9 Å². The van der Waals surface area contributed by atoms with E-state index in [1.54, 1.807) is 24.3 Å². The van der Waals surface area contributed by atoms with Crippen LogP contribution in [0.3, 0.4) is 0 Å². The van der Waals surface area contributed by atoms with E-state index < -0.39 is 54.3 Å². The normalized spacial score (nSPS) is 14.6. The van der Waals surface area contributed by atoms with Gasteiger partial charge in [-0.05, 0) is 24.1 Å². The Hall–Kier alpha value is -4.42. The summed E-state index contributed by atoms with van der Waals surface area (Å²) in [6.45, 7) is -0.769. The van der Waals surface area contributed by atoms with E-state index in [1.807, 2.05) is 18.2 Å². The summed E-state index contributed by atoms with van der Waals surface area (Å²) < 4.78 is 20.3. The van der Waals surface area contributed by atoms with Crippen molar-refractivity contribution >= 4 is 35.5 Å². The molecule has 12 heteroatoms. The number of rotatable bonds is 15. The van der Waals surface area contributed by atoms with E-state index >= 15 is 0 Å². The van der Waals surface area contributed by atoms with Gasteiger partial charge in [-0.2, -0.15) is 0 Å². The molecular weight excluding hydrogens is 536 g/mol. The van der Waals surface area contributed by atoms with Crippen LogP contribution in [-0.2, 0) is 44.7 Å². The van der Waals surface area contributed by atoms with E-state index in [0.29, 0.717) is 0 Å². The number of esters is 3. The highest BCUT2D eigenvalue weighted by atomic mass is 16.5. The maximum Gasteiger partial charge on any atom is 0.331 e. The van der Waals surface area contributed by atoms with E-state index in [1.165, 1.54) is 12.1 Å². The van der Waals surface area contributed by atoms with Crippen molar-refractivity contribution in [2.75, 3.05) is 27.4 Å². The van der Waals surface area contributed by atoms with E-state index in [-0.39, 0.29) is 49.4 Å². The van der Waals surface area contributed by atoms with Crippen LogP contribution in [-0.4, -0.2) is 79.9 Å². The Morgan fingerprint density at radius 1 is 0.805 bits per heavy atom. The van der Waals surface area contributed by atoms with Gasteiger partial charge in [0.25, 0.3) is 11.8 Å². The number of fused-ring (bicyclic) bond motifs is 1. The number of nitrogens with two attached hydrogens (primary N) is 1. The minimum absolute atomic E-state index is 0.00532. The average molecular weight is 569 g/mol. The summed E-state index contributed by atoms with van der Waals surface area (Å²) in [6.07, 6.45) is -0.380. The van der Waals surface area contributed by atoms with Gasteiger partial charge in [0.2, 0.25) is 0 Å². The van der Waals surface area contributed by atoms with Gasteiger partial charge >= 0.3 is 17.9 Å². The van der Waals surface area contributed by atoms with Crippen molar-refractivity contribution in [3.8, 4) is 0 Å². The number of carbonyl (C=O) groups is 6. The van der Waals surface area contributed by atoms with E-state index in [9.17, 15) is 28.8 Å². The lowest BCUT2D eigenvalue weighted by atomic mass is 9.99. The Labute approximate surface area is 236 Å². The molecule has 0 radical (unpaired) electrons. The third-order valence-electron chi connectivity index (χ3n) is 6.47. The number of amides is 2. The standard InChI is InChI=1S/C29H32N2O10/c1-38-27(35)19(14-20(32)12-13-23(30)28(36)41-15-18-8-4-3-5-9-18)16-40-17-24(29(37)39-2)31-25(33)21-10-6-7-11-22(21)26(31)34/h3-11,19,23-24H,12-17,30H2,1-2H3/t19-,23+,24+/m0/s1. The Balaban J connectivity index is 1.53. The Morgan fingerprint density at radius 2 is 1.39 bits per heavy atom. The van der Waals surface area contributed by atoms with Crippen LogP contribution in [0.25, 0.3) is 0 Å². The quantitative estimate of drug-likeness (QED) is 0.187. The number of nitrogens with zero attached hydrogens (tertiary/aromatic N) is 1. The summed E-state index contributed by atoms with van der Waals surface area (Å²) in [4.78, 5) is 76.0. The number of benzene rings is 2. The van der Waals surface area contributed by atoms with Crippen molar-refractivity contribution < 1.29 is 47.7 Å². The minimum atomic E-state index is -1.42. The molecule has 0 saturated carbocycles. The first-order chi connectivity index (χ1) is 19.7. The van der Waals surface area contributed by atoms with Crippen LogP contribution in [0.2, 0.25) is 0 Å². The molecule has 1 heterocycles. The Bertz CT molecular complexity index is 1240. The second-order valence-corrected chi connectivity index (χ2v) is 9.30. The molecule has 3 rings (SSSR count). The summed E-state index contributed by atoms with van der Waals surface area (Å²) in [5.74, 6) is -5.06. The second kappa shape index (κ2) is 14.8. The smallest absolute Gasteiger partial charge is 0.331 e. The number of ether oxygens (including phenoxy) is 4. The van der Waals surface area contributed by atoms with Gasteiger partial charge < -0.3 is 24.7 Å². The number of hydrogen-bond donors (Lipinski definition) is 1. The molecule has 2 N–H and O–H groups in total. The summed E-state index contributed by atoms with van der Waals surface area (Å²) in [7, 11) is 2.25.